The third-order valence-corrected chi connectivity index (χ3v) is 4.56. The third-order valence-electron chi connectivity index (χ3n) is 2.74. The molecule has 0 spiro atoms. The Bertz CT molecular complexity index is 329. The Kier molecular flexibility index (Phi) is 4.12. The molecule has 0 bridgehead atoms. The van der Waals surface area contributed by atoms with Gasteiger partial charge >= 0.3 is 0 Å². The SMILES string of the molecule is CC1SCCCNC1c1cccc(Br)c1. The fraction of sp³-hybridized carbons (Fsp3) is 0.500. The predicted molar refractivity (Wildman–Crippen MR) is 71.4 cm³/mol. The summed E-state index contributed by atoms with van der Waals surface area (Å²) in [5.41, 5.74) is 1.39. The van der Waals surface area contributed by atoms with E-state index >= 15 is 0 Å². The van der Waals surface area contributed by atoms with Gasteiger partial charge in [-0.15, -0.1) is 0 Å². The lowest BCUT2D eigenvalue weighted by Gasteiger charge is -2.22. The van der Waals surface area contributed by atoms with E-state index in [1.807, 2.05) is 0 Å². The van der Waals surface area contributed by atoms with Crippen molar-refractivity contribution in [3.05, 3.63) is 34.3 Å². The van der Waals surface area contributed by atoms with Crippen LogP contribution >= 0.6 is 27.7 Å². The number of hydrogen-bond donors (Lipinski definition) is 1. The molecule has 1 heterocycles. The molecular formula is C12H16BrNS. The Morgan fingerprint density at radius 2 is 2.33 bits per heavy atom. The molecule has 2 atom stereocenters. The topological polar surface area (TPSA) is 12.0 Å². The van der Waals surface area contributed by atoms with Crippen LogP contribution < -0.4 is 5.32 Å². The first-order valence-electron chi connectivity index (χ1n) is 5.38. The second-order valence-corrected chi connectivity index (χ2v) is 6.32. The highest BCUT2D eigenvalue weighted by molar-refractivity contribution is 9.10. The normalized spacial score (nSPS) is 27.3. The largest absolute Gasteiger partial charge is 0.309 e. The summed E-state index contributed by atoms with van der Waals surface area (Å²) in [6, 6.07) is 9.13. The Hall–Kier alpha value is 0.01000. The van der Waals surface area contributed by atoms with Gasteiger partial charge in [0.2, 0.25) is 0 Å². The van der Waals surface area contributed by atoms with Crippen LogP contribution in [0.15, 0.2) is 28.7 Å². The molecule has 0 saturated carbocycles. The van der Waals surface area contributed by atoms with Gasteiger partial charge in [0.1, 0.15) is 0 Å². The van der Waals surface area contributed by atoms with Gasteiger partial charge in [0, 0.05) is 15.8 Å². The summed E-state index contributed by atoms with van der Waals surface area (Å²) in [4.78, 5) is 0. The molecule has 0 radical (unpaired) electrons. The van der Waals surface area contributed by atoms with Gasteiger partial charge in [-0.3, -0.25) is 0 Å². The van der Waals surface area contributed by atoms with Crippen molar-refractivity contribution in [3.8, 4) is 0 Å². The molecule has 1 N–H and O–H groups in total. The molecule has 0 amide bonds. The summed E-state index contributed by atoms with van der Waals surface area (Å²) < 4.78 is 1.17. The standard InChI is InChI=1S/C12H16BrNS/c1-9-12(14-6-3-7-15-9)10-4-2-5-11(13)8-10/h2,4-5,8-9,12,14H,3,6-7H2,1H3. The summed E-state index contributed by atoms with van der Waals surface area (Å²) in [5.74, 6) is 1.28. The van der Waals surface area contributed by atoms with Crippen LogP contribution in [0, 0.1) is 0 Å². The molecule has 0 aromatic heterocycles. The zero-order valence-electron chi connectivity index (χ0n) is 8.87. The summed E-state index contributed by atoms with van der Waals surface area (Å²) >= 11 is 5.60. The first kappa shape index (κ1) is 11.5. The first-order valence-corrected chi connectivity index (χ1v) is 7.22. The minimum atomic E-state index is 0.495. The molecule has 2 unspecified atom stereocenters. The molecule has 3 heteroatoms. The van der Waals surface area contributed by atoms with E-state index in [1.165, 1.54) is 22.2 Å². The minimum Gasteiger partial charge on any atom is -0.309 e. The maximum Gasteiger partial charge on any atom is 0.0438 e. The van der Waals surface area contributed by atoms with E-state index < -0.39 is 0 Å². The first-order chi connectivity index (χ1) is 7.27. The average Bonchev–Trinajstić information content (AvgIpc) is 2.43. The van der Waals surface area contributed by atoms with Crippen LogP contribution in [-0.2, 0) is 0 Å². The van der Waals surface area contributed by atoms with E-state index in [1.54, 1.807) is 0 Å². The van der Waals surface area contributed by atoms with Gasteiger partial charge in [-0.1, -0.05) is 35.0 Å². The quantitative estimate of drug-likeness (QED) is 0.846. The predicted octanol–water partition coefficient (Wildman–Crippen LogP) is 3.61. The summed E-state index contributed by atoms with van der Waals surface area (Å²) in [6.07, 6.45) is 1.28. The maximum atomic E-state index is 3.63. The number of rotatable bonds is 1. The molecule has 2 rings (SSSR count). The number of thioether (sulfide) groups is 1. The van der Waals surface area contributed by atoms with Crippen molar-refractivity contribution >= 4 is 27.7 Å². The van der Waals surface area contributed by atoms with E-state index in [2.05, 4.69) is 64.2 Å². The molecular weight excluding hydrogens is 270 g/mol. The fourth-order valence-corrected chi connectivity index (χ4v) is 3.50. The van der Waals surface area contributed by atoms with Gasteiger partial charge in [0.15, 0.2) is 0 Å². The van der Waals surface area contributed by atoms with Crippen LogP contribution in [0.1, 0.15) is 24.9 Å². The Labute approximate surface area is 104 Å². The van der Waals surface area contributed by atoms with Crippen molar-refractivity contribution in [1.29, 1.82) is 0 Å². The molecule has 82 valence electrons. The average molecular weight is 286 g/mol. The Morgan fingerprint density at radius 1 is 1.47 bits per heavy atom. The van der Waals surface area contributed by atoms with Crippen molar-refractivity contribution in [2.75, 3.05) is 12.3 Å². The van der Waals surface area contributed by atoms with Gasteiger partial charge < -0.3 is 5.32 Å². The molecule has 1 saturated heterocycles. The van der Waals surface area contributed by atoms with E-state index in [-0.39, 0.29) is 0 Å². The van der Waals surface area contributed by atoms with Crippen LogP contribution in [0.5, 0.6) is 0 Å². The lowest BCUT2D eigenvalue weighted by atomic mass is 10.0. The van der Waals surface area contributed by atoms with Crippen molar-refractivity contribution in [2.45, 2.75) is 24.6 Å². The number of nitrogens with one attached hydrogen (secondary N) is 1. The molecule has 1 aliphatic rings. The van der Waals surface area contributed by atoms with Gasteiger partial charge in [-0.05, 0) is 36.4 Å². The van der Waals surface area contributed by atoms with E-state index in [4.69, 9.17) is 0 Å². The third kappa shape index (κ3) is 2.99. The van der Waals surface area contributed by atoms with Gasteiger partial charge in [-0.25, -0.2) is 0 Å². The summed E-state index contributed by atoms with van der Waals surface area (Å²) in [7, 11) is 0. The molecule has 0 aliphatic carbocycles. The molecule has 1 fully saturated rings. The highest BCUT2D eigenvalue weighted by atomic mass is 79.9. The maximum absolute atomic E-state index is 3.63. The van der Waals surface area contributed by atoms with Crippen LogP contribution in [-0.4, -0.2) is 17.5 Å². The van der Waals surface area contributed by atoms with E-state index in [0.717, 1.165) is 6.54 Å². The monoisotopic (exact) mass is 285 g/mol. The van der Waals surface area contributed by atoms with Gasteiger partial charge in [0.25, 0.3) is 0 Å². The summed E-state index contributed by atoms with van der Waals surface area (Å²) in [5, 5.41) is 4.29. The highest BCUT2D eigenvalue weighted by Crippen LogP contribution is 2.30. The molecule has 1 aliphatic heterocycles. The van der Waals surface area contributed by atoms with Crippen LogP contribution in [0.2, 0.25) is 0 Å². The smallest absolute Gasteiger partial charge is 0.0438 e. The van der Waals surface area contributed by atoms with Crippen LogP contribution in [0.25, 0.3) is 0 Å². The second kappa shape index (κ2) is 5.37. The molecule has 1 nitrogen and oxygen atoms in total. The number of benzene rings is 1. The van der Waals surface area contributed by atoms with Crippen molar-refractivity contribution in [1.82, 2.24) is 5.32 Å². The lowest BCUT2D eigenvalue weighted by molar-refractivity contribution is 0.540. The summed E-state index contributed by atoms with van der Waals surface area (Å²) in [6.45, 7) is 3.45. The van der Waals surface area contributed by atoms with Gasteiger partial charge in [0.05, 0.1) is 0 Å². The lowest BCUT2D eigenvalue weighted by Crippen LogP contribution is -2.27. The number of halogens is 1. The zero-order valence-corrected chi connectivity index (χ0v) is 11.3. The Morgan fingerprint density at radius 3 is 3.13 bits per heavy atom. The van der Waals surface area contributed by atoms with Crippen LogP contribution in [0.3, 0.4) is 0 Å². The zero-order chi connectivity index (χ0) is 10.7. The van der Waals surface area contributed by atoms with Gasteiger partial charge in [-0.2, -0.15) is 11.8 Å². The van der Waals surface area contributed by atoms with Crippen LogP contribution in [0.4, 0.5) is 0 Å². The minimum absolute atomic E-state index is 0.495. The van der Waals surface area contributed by atoms with Crippen molar-refractivity contribution in [3.63, 3.8) is 0 Å². The second-order valence-electron chi connectivity index (χ2n) is 3.92. The molecule has 1 aromatic rings. The van der Waals surface area contributed by atoms with E-state index in [0.29, 0.717) is 11.3 Å². The number of hydrogen-bond acceptors (Lipinski definition) is 2. The highest BCUT2D eigenvalue weighted by Gasteiger charge is 2.21. The molecule has 15 heavy (non-hydrogen) atoms. The Balaban J connectivity index is 2.20. The van der Waals surface area contributed by atoms with Crippen molar-refractivity contribution < 1.29 is 0 Å². The van der Waals surface area contributed by atoms with E-state index in [9.17, 15) is 0 Å². The molecule has 1 aromatic carbocycles. The van der Waals surface area contributed by atoms with Crippen molar-refractivity contribution in [2.24, 2.45) is 0 Å². The fourth-order valence-electron chi connectivity index (χ4n) is 1.95.